The Morgan fingerprint density at radius 1 is 1.16 bits per heavy atom. The molecule has 1 atom stereocenters. The second-order valence-electron chi connectivity index (χ2n) is 7.34. The van der Waals surface area contributed by atoms with Gasteiger partial charge in [0.2, 0.25) is 10.0 Å². The lowest BCUT2D eigenvalue weighted by Gasteiger charge is -2.15. The average Bonchev–Trinajstić information content (AvgIpc) is 3.39. The molecule has 9 nitrogen and oxygen atoms in total. The van der Waals surface area contributed by atoms with Crippen molar-refractivity contribution in [3.05, 3.63) is 66.1 Å². The summed E-state index contributed by atoms with van der Waals surface area (Å²) in [6.07, 6.45) is 1.85. The van der Waals surface area contributed by atoms with Gasteiger partial charge in [0, 0.05) is 29.9 Å². The molecule has 2 aromatic carbocycles. The Balaban J connectivity index is 1.55. The van der Waals surface area contributed by atoms with Crippen LogP contribution in [0.3, 0.4) is 0 Å². The van der Waals surface area contributed by atoms with Gasteiger partial charge in [0.15, 0.2) is 11.6 Å². The molecule has 32 heavy (non-hydrogen) atoms. The van der Waals surface area contributed by atoms with Crippen LogP contribution in [0.5, 0.6) is 11.8 Å². The average molecular weight is 454 g/mol. The van der Waals surface area contributed by atoms with Gasteiger partial charge in [0.25, 0.3) is 0 Å². The van der Waals surface area contributed by atoms with Crippen LogP contribution < -0.4 is 9.46 Å². The molecular formula is C22H23N5O4S. The van der Waals surface area contributed by atoms with Gasteiger partial charge in [-0.2, -0.15) is 0 Å². The molecule has 4 aromatic rings. The lowest BCUT2D eigenvalue weighted by molar-refractivity contribution is 0.101. The van der Waals surface area contributed by atoms with Crippen LogP contribution in [0.2, 0.25) is 0 Å². The first-order valence-electron chi connectivity index (χ1n) is 10.1. The Bertz CT molecular complexity index is 1370. The van der Waals surface area contributed by atoms with E-state index in [1.54, 1.807) is 11.5 Å². The highest BCUT2D eigenvalue weighted by molar-refractivity contribution is 7.89. The van der Waals surface area contributed by atoms with E-state index in [2.05, 4.69) is 19.9 Å². The largest absolute Gasteiger partial charge is 0.424 e. The highest BCUT2D eigenvalue weighted by atomic mass is 32.2. The summed E-state index contributed by atoms with van der Waals surface area (Å²) >= 11 is 0. The standard InChI is InChI=1S/C22H23N5O4S/c1-4-27-21(14(2)26-32(29,30)19-9-6-16(7-10-19)15(3)28)24-25-22(27)31-18-8-5-17-11-12-23-20(17)13-18/h5-14,23,26H,4H2,1-3H3/t14-/m1/s1. The number of H-pyrrole nitrogens is 1. The molecular weight excluding hydrogens is 430 g/mol. The van der Waals surface area contributed by atoms with E-state index in [-0.39, 0.29) is 16.7 Å². The summed E-state index contributed by atoms with van der Waals surface area (Å²) in [5, 5.41) is 9.34. The van der Waals surface area contributed by atoms with E-state index in [0.29, 0.717) is 23.7 Å². The number of aromatic amines is 1. The second kappa shape index (κ2) is 8.56. The predicted octanol–water partition coefficient (Wildman–Crippen LogP) is 3.81. The van der Waals surface area contributed by atoms with Gasteiger partial charge >= 0.3 is 6.01 Å². The van der Waals surface area contributed by atoms with Crippen LogP contribution in [0.1, 0.15) is 43.0 Å². The van der Waals surface area contributed by atoms with Crippen LogP contribution in [0, 0.1) is 0 Å². The topological polar surface area (TPSA) is 119 Å². The Morgan fingerprint density at radius 3 is 2.59 bits per heavy atom. The van der Waals surface area contributed by atoms with Gasteiger partial charge in [-0.25, -0.2) is 13.1 Å². The van der Waals surface area contributed by atoms with Gasteiger partial charge < -0.3 is 9.72 Å². The summed E-state index contributed by atoms with van der Waals surface area (Å²) in [5.41, 5.74) is 1.38. The van der Waals surface area contributed by atoms with Crippen molar-refractivity contribution in [2.45, 2.75) is 38.3 Å². The van der Waals surface area contributed by atoms with Crippen LogP contribution in [-0.4, -0.2) is 33.9 Å². The van der Waals surface area contributed by atoms with Crippen molar-refractivity contribution in [3.63, 3.8) is 0 Å². The highest BCUT2D eigenvalue weighted by Crippen LogP contribution is 2.26. The summed E-state index contributed by atoms with van der Waals surface area (Å²) < 4.78 is 35.9. The quantitative estimate of drug-likeness (QED) is 0.392. The first-order chi connectivity index (χ1) is 15.3. The first-order valence-corrected chi connectivity index (χ1v) is 11.6. The number of carbonyl (C=O) groups is 1. The maximum Gasteiger partial charge on any atom is 0.322 e. The number of Topliss-reactive ketones (excluding diaryl/α,β-unsaturated/α-hetero) is 1. The molecule has 0 saturated heterocycles. The van der Waals surface area contributed by atoms with Crippen LogP contribution in [0.25, 0.3) is 10.9 Å². The zero-order valence-electron chi connectivity index (χ0n) is 17.9. The fourth-order valence-corrected chi connectivity index (χ4v) is 4.61. The molecule has 2 aromatic heterocycles. The first kappa shape index (κ1) is 21.7. The molecule has 0 fully saturated rings. The molecule has 0 aliphatic carbocycles. The van der Waals surface area contributed by atoms with Crippen LogP contribution in [0.15, 0.2) is 59.6 Å². The number of hydrogen-bond acceptors (Lipinski definition) is 6. The lowest BCUT2D eigenvalue weighted by atomic mass is 10.2. The van der Waals surface area contributed by atoms with Crippen molar-refractivity contribution in [3.8, 4) is 11.8 Å². The van der Waals surface area contributed by atoms with Crippen molar-refractivity contribution < 1.29 is 17.9 Å². The Hall–Kier alpha value is -3.50. The number of rotatable bonds is 8. The third-order valence-corrected chi connectivity index (χ3v) is 6.64. The minimum atomic E-state index is -3.83. The molecule has 2 heterocycles. The maximum atomic E-state index is 12.8. The lowest BCUT2D eigenvalue weighted by Crippen LogP contribution is -2.29. The van der Waals surface area contributed by atoms with Gasteiger partial charge in [-0.05, 0) is 56.5 Å². The van der Waals surface area contributed by atoms with Gasteiger partial charge in [-0.1, -0.05) is 17.2 Å². The van der Waals surface area contributed by atoms with Crippen LogP contribution in [-0.2, 0) is 16.6 Å². The number of nitrogens with zero attached hydrogens (tertiary/aromatic N) is 3. The molecule has 0 aliphatic heterocycles. The number of aromatic nitrogens is 4. The predicted molar refractivity (Wildman–Crippen MR) is 119 cm³/mol. The van der Waals surface area contributed by atoms with E-state index in [0.717, 1.165) is 10.9 Å². The van der Waals surface area contributed by atoms with Crippen molar-refractivity contribution >= 4 is 26.7 Å². The van der Waals surface area contributed by atoms with E-state index in [9.17, 15) is 13.2 Å². The number of ketones is 1. The number of ether oxygens (including phenoxy) is 1. The summed E-state index contributed by atoms with van der Waals surface area (Å²) in [6.45, 7) is 5.50. The molecule has 10 heteroatoms. The Kier molecular flexibility index (Phi) is 5.81. The second-order valence-corrected chi connectivity index (χ2v) is 9.05. The summed E-state index contributed by atoms with van der Waals surface area (Å²) in [4.78, 5) is 14.6. The Morgan fingerprint density at radius 2 is 1.91 bits per heavy atom. The molecule has 166 valence electrons. The minimum Gasteiger partial charge on any atom is -0.424 e. The SMILES string of the molecule is CCn1c(Oc2ccc3cc[nH]c3c2)nnc1[C@@H](C)NS(=O)(=O)c1ccc(C(C)=O)cc1. The number of fused-ring (bicyclic) bond motifs is 1. The smallest absolute Gasteiger partial charge is 0.322 e. The van der Waals surface area contributed by atoms with Crippen molar-refractivity contribution in [2.24, 2.45) is 0 Å². The molecule has 0 amide bonds. The van der Waals surface area contributed by atoms with Gasteiger partial charge in [-0.15, -0.1) is 5.10 Å². The molecule has 4 rings (SSSR count). The van der Waals surface area contributed by atoms with E-state index in [4.69, 9.17) is 4.74 Å². The number of nitrogens with one attached hydrogen (secondary N) is 2. The monoisotopic (exact) mass is 453 g/mol. The van der Waals surface area contributed by atoms with E-state index < -0.39 is 16.1 Å². The van der Waals surface area contributed by atoms with E-state index >= 15 is 0 Å². The fourth-order valence-electron chi connectivity index (χ4n) is 3.41. The molecule has 0 unspecified atom stereocenters. The normalized spacial score (nSPS) is 12.7. The van der Waals surface area contributed by atoms with Crippen LogP contribution in [0.4, 0.5) is 0 Å². The van der Waals surface area contributed by atoms with Gasteiger partial charge in [-0.3, -0.25) is 9.36 Å². The van der Waals surface area contributed by atoms with Crippen molar-refractivity contribution in [1.82, 2.24) is 24.5 Å². The number of sulfonamides is 1. The molecule has 0 spiro atoms. The molecule has 0 radical (unpaired) electrons. The van der Waals surface area contributed by atoms with Gasteiger partial charge in [0.1, 0.15) is 5.75 Å². The number of hydrogen-bond donors (Lipinski definition) is 2. The van der Waals surface area contributed by atoms with Gasteiger partial charge in [0.05, 0.1) is 10.9 Å². The number of carbonyl (C=O) groups excluding carboxylic acids is 1. The maximum absolute atomic E-state index is 12.8. The zero-order chi connectivity index (χ0) is 22.9. The van der Waals surface area contributed by atoms with E-state index in [1.807, 2.05) is 37.4 Å². The summed E-state index contributed by atoms with van der Waals surface area (Å²) in [5.74, 6) is 0.883. The van der Waals surface area contributed by atoms with Crippen molar-refractivity contribution in [2.75, 3.05) is 0 Å². The summed E-state index contributed by atoms with van der Waals surface area (Å²) in [6, 6.07) is 13.0. The Labute approximate surface area is 185 Å². The fraction of sp³-hybridized carbons (Fsp3) is 0.227. The summed E-state index contributed by atoms with van der Waals surface area (Å²) in [7, 11) is -3.83. The third kappa shape index (κ3) is 4.27. The van der Waals surface area contributed by atoms with E-state index in [1.165, 1.54) is 31.2 Å². The van der Waals surface area contributed by atoms with Crippen LogP contribution >= 0.6 is 0 Å². The number of benzene rings is 2. The molecule has 0 bridgehead atoms. The molecule has 2 N–H and O–H groups in total. The third-order valence-electron chi connectivity index (χ3n) is 5.09. The van der Waals surface area contributed by atoms with Crippen molar-refractivity contribution in [1.29, 1.82) is 0 Å². The highest BCUT2D eigenvalue weighted by Gasteiger charge is 2.24. The zero-order valence-corrected chi connectivity index (χ0v) is 18.7. The molecule has 0 saturated carbocycles. The molecule has 0 aliphatic rings. The minimum absolute atomic E-state index is 0.0626.